The Morgan fingerprint density at radius 3 is 2.26 bits per heavy atom. The van der Waals surface area contributed by atoms with E-state index in [1.807, 2.05) is 31.1 Å². The van der Waals surface area contributed by atoms with Crippen LogP contribution in [0.3, 0.4) is 0 Å². The summed E-state index contributed by atoms with van der Waals surface area (Å²) in [4.78, 5) is 21.5. The molecule has 8 heteroatoms. The summed E-state index contributed by atoms with van der Waals surface area (Å²) in [5.41, 5.74) is 3.23. The molecular weight excluding hydrogens is 471 g/mol. The maximum atomic E-state index is 11.6. The first kappa shape index (κ1) is 23.9. The Labute approximate surface area is 209 Å². The SMILES string of the molecule is CN(C)/C=C\N(C=O)c1ccc(-c2cc(Cl)cc(-c3ccnc(N4CCCC4)c3)c2O)cc1Cl. The molecule has 3 aromatic rings. The third kappa shape index (κ3) is 5.13. The molecule has 0 aliphatic carbocycles. The van der Waals surface area contributed by atoms with E-state index >= 15 is 0 Å². The van der Waals surface area contributed by atoms with Crippen molar-refractivity contribution in [3.8, 4) is 28.0 Å². The monoisotopic (exact) mass is 496 g/mol. The van der Waals surface area contributed by atoms with E-state index in [0.29, 0.717) is 38.8 Å². The van der Waals surface area contributed by atoms with Crippen molar-refractivity contribution >= 4 is 41.1 Å². The molecule has 1 fully saturated rings. The molecular formula is C26H26Cl2N4O2. The number of carbonyl (C=O) groups excluding carboxylic acids is 1. The molecule has 6 nitrogen and oxygen atoms in total. The predicted octanol–water partition coefficient (Wildman–Crippen LogP) is 6.02. The van der Waals surface area contributed by atoms with Gasteiger partial charge in [-0.15, -0.1) is 0 Å². The van der Waals surface area contributed by atoms with Crippen molar-refractivity contribution in [1.29, 1.82) is 0 Å². The standard InChI is InChI=1S/C26H26Cl2N4O2/c1-30(2)11-12-32(17-33)24-6-5-18(13-23(24)28)21-15-20(27)16-22(26(21)34)19-7-8-29-25(14-19)31-9-3-4-10-31/h5-8,11-17,34H,3-4,9-10H2,1-2H3/b12-11-. The number of phenolic OH excluding ortho intramolecular Hbond substituents is 1. The van der Waals surface area contributed by atoms with Crippen LogP contribution in [-0.2, 0) is 4.79 Å². The first-order chi connectivity index (χ1) is 16.4. The van der Waals surface area contributed by atoms with Crippen LogP contribution in [0.4, 0.5) is 11.5 Å². The van der Waals surface area contributed by atoms with Gasteiger partial charge >= 0.3 is 0 Å². The van der Waals surface area contributed by atoms with E-state index < -0.39 is 0 Å². The molecule has 1 aromatic heterocycles. The Morgan fingerprint density at radius 2 is 1.65 bits per heavy atom. The first-order valence-corrected chi connectivity index (χ1v) is 11.7. The van der Waals surface area contributed by atoms with Gasteiger partial charge in [-0.25, -0.2) is 4.98 Å². The minimum atomic E-state index is 0.103. The summed E-state index contributed by atoms with van der Waals surface area (Å²) < 4.78 is 0. The molecule has 176 valence electrons. The maximum absolute atomic E-state index is 11.6. The van der Waals surface area contributed by atoms with Gasteiger partial charge in [-0.1, -0.05) is 29.3 Å². The Morgan fingerprint density at radius 1 is 0.971 bits per heavy atom. The fourth-order valence-corrected chi connectivity index (χ4v) is 4.50. The lowest BCUT2D eigenvalue weighted by Gasteiger charge is -2.18. The number of benzene rings is 2. The number of halogens is 2. The number of phenols is 1. The van der Waals surface area contributed by atoms with Gasteiger partial charge in [-0.05, 0) is 60.4 Å². The van der Waals surface area contributed by atoms with E-state index in [0.717, 1.165) is 37.3 Å². The van der Waals surface area contributed by atoms with Crippen LogP contribution in [0.5, 0.6) is 5.75 Å². The average molecular weight is 497 g/mol. The number of rotatable bonds is 7. The number of aromatic nitrogens is 1. The second-order valence-electron chi connectivity index (χ2n) is 8.39. The molecule has 0 bridgehead atoms. The number of anilines is 2. The molecule has 1 aliphatic rings. The number of nitrogens with zero attached hydrogens (tertiary/aromatic N) is 4. The highest BCUT2D eigenvalue weighted by molar-refractivity contribution is 6.34. The second-order valence-corrected chi connectivity index (χ2v) is 9.23. The van der Waals surface area contributed by atoms with Gasteiger partial charge in [0.2, 0.25) is 6.41 Å². The number of carbonyl (C=O) groups is 1. The quantitative estimate of drug-likeness (QED) is 0.405. The zero-order chi connectivity index (χ0) is 24.2. The third-order valence-electron chi connectivity index (χ3n) is 5.74. The number of hydrogen-bond acceptors (Lipinski definition) is 5. The molecule has 0 saturated carbocycles. The molecule has 4 rings (SSSR count). The highest BCUT2D eigenvalue weighted by Gasteiger charge is 2.18. The van der Waals surface area contributed by atoms with Crippen LogP contribution in [0.1, 0.15) is 12.8 Å². The maximum Gasteiger partial charge on any atom is 0.218 e. The Balaban J connectivity index is 1.72. The number of hydrogen-bond donors (Lipinski definition) is 1. The summed E-state index contributed by atoms with van der Waals surface area (Å²) in [6, 6.07) is 12.6. The van der Waals surface area contributed by atoms with Crippen LogP contribution in [-0.4, -0.2) is 48.6 Å². The van der Waals surface area contributed by atoms with Gasteiger partial charge in [0.25, 0.3) is 0 Å². The van der Waals surface area contributed by atoms with Crippen LogP contribution in [0.2, 0.25) is 10.0 Å². The van der Waals surface area contributed by atoms with E-state index in [-0.39, 0.29) is 5.75 Å². The van der Waals surface area contributed by atoms with E-state index in [1.54, 1.807) is 48.9 Å². The van der Waals surface area contributed by atoms with Crippen LogP contribution < -0.4 is 9.80 Å². The van der Waals surface area contributed by atoms with Gasteiger partial charge in [-0.2, -0.15) is 0 Å². The predicted molar refractivity (Wildman–Crippen MR) is 140 cm³/mol. The average Bonchev–Trinajstić information content (AvgIpc) is 3.36. The van der Waals surface area contributed by atoms with Crippen molar-refractivity contribution in [3.05, 3.63) is 71.1 Å². The number of amides is 1. The lowest BCUT2D eigenvalue weighted by Crippen LogP contribution is -2.18. The lowest BCUT2D eigenvalue weighted by atomic mass is 9.97. The van der Waals surface area contributed by atoms with Crippen molar-refractivity contribution < 1.29 is 9.90 Å². The molecule has 0 radical (unpaired) electrons. The van der Waals surface area contributed by atoms with Crippen LogP contribution in [0.15, 0.2) is 61.1 Å². The summed E-state index contributed by atoms with van der Waals surface area (Å²) in [5.74, 6) is 0.995. The first-order valence-electron chi connectivity index (χ1n) is 11.0. The Kier molecular flexibility index (Phi) is 7.29. The van der Waals surface area contributed by atoms with Crippen LogP contribution in [0.25, 0.3) is 22.3 Å². The summed E-state index contributed by atoms with van der Waals surface area (Å²) in [6.07, 6.45) is 8.13. The summed E-state index contributed by atoms with van der Waals surface area (Å²) in [5, 5.41) is 12.1. The normalized spacial score (nSPS) is 13.5. The summed E-state index contributed by atoms with van der Waals surface area (Å²) in [6.45, 7) is 1.96. The molecule has 1 amide bonds. The lowest BCUT2D eigenvalue weighted by molar-refractivity contribution is -0.106. The van der Waals surface area contributed by atoms with Gasteiger partial charge in [0.05, 0.1) is 10.7 Å². The van der Waals surface area contributed by atoms with Crippen molar-refractivity contribution in [3.63, 3.8) is 0 Å². The van der Waals surface area contributed by atoms with Crippen LogP contribution >= 0.6 is 23.2 Å². The molecule has 2 heterocycles. The Bertz CT molecular complexity index is 1220. The summed E-state index contributed by atoms with van der Waals surface area (Å²) >= 11 is 13.0. The molecule has 0 unspecified atom stereocenters. The number of aromatic hydroxyl groups is 1. The zero-order valence-corrected chi connectivity index (χ0v) is 20.6. The van der Waals surface area contributed by atoms with Gasteiger partial charge in [0.1, 0.15) is 11.6 Å². The molecule has 1 aliphatic heterocycles. The summed E-state index contributed by atoms with van der Waals surface area (Å²) in [7, 11) is 3.72. The number of pyridine rings is 1. The highest BCUT2D eigenvalue weighted by atomic mass is 35.5. The van der Waals surface area contributed by atoms with Crippen molar-refractivity contribution in [2.45, 2.75) is 12.8 Å². The van der Waals surface area contributed by atoms with Crippen molar-refractivity contribution in [2.24, 2.45) is 0 Å². The van der Waals surface area contributed by atoms with E-state index in [4.69, 9.17) is 23.2 Å². The minimum absolute atomic E-state index is 0.103. The van der Waals surface area contributed by atoms with Crippen molar-refractivity contribution in [1.82, 2.24) is 9.88 Å². The van der Waals surface area contributed by atoms with E-state index in [1.165, 1.54) is 4.90 Å². The minimum Gasteiger partial charge on any atom is -0.507 e. The van der Waals surface area contributed by atoms with Gasteiger partial charge < -0.3 is 14.9 Å². The molecule has 34 heavy (non-hydrogen) atoms. The fraction of sp³-hybridized carbons (Fsp3) is 0.231. The smallest absolute Gasteiger partial charge is 0.218 e. The largest absolute Gasteiger partial charge is 0.507 e. The van der Waals surface area contributed by atoms with Gasteiger partial charge in [-0.3, -0.25) is 9.69 Å². The zero-order valence-electron chi connectivity index (χ0n) is 19.1. The topological polar surface area (TPSA) is 59.9 Å². The van der Waals surface area contributed by atoms with Crippen molar-refractivity contribution in [2.75, 3.05) is 37.0 Å². The molecule has 0 atom stereocenters. The van der Waals surface area contributed by atoms with E-state index in [2.05, 4.69) is 9.88 Å². The molecule has 1 saturated heterocycles. The molecule has 0 spiro atoms. The van der Waals surface area contributed by atoms with Gasteiger partial charge in [0, 0.05) is 61.9 Å². The second kappa shape index (κ2) is 10.4. The molecule has 1 N–H and O–H groups in total. The molecule has 2 aromatic carbocycles. The van der Waals surface area contributed by atoms with E-state index in [9.17, 15) is 9.90 Å². The Hall–Kier alpha value is -3.22. The van der Waals surface area contributed by atoms with Crippen LogP contribution in [0, 0.1) is 0 Å². The fourth-order valence-electron chi connectivity index (χ4n) is 4.01. The highest BCUT2D eigenvalue weighted by Crippen LogP contribution is 2.42. The van der Waals surface area contributed by atoms with Gasteiger partial charge in [0.15, 0.2) is 0 Å². The third-order valence-corrected chi connectivity index (χ3v) is 6.26.